The maximum absolute atomic E-state index is 13.4. The fraction of sp³-hybridized carbons (Fsp3) is 0.185. The Morgan fingerprint density at radius 3 is 2.43 bits per heavy atom. The molecular formula is C27H18Cl2F3N7O5. The molecule has 0 saturated heterocycles. The molecule has 0 unspecified atom stereocenters. The number of aliphatic carboxylic acids is 1. The number of halogens is 5. The number of aliphatic imine (C=N–C) groups is 1. The van der Waals surface area contributed by atoms with E-state index < -0.39 is 18.1 Å². The number of aromatic nitrogens is 6. The molecule has 0 amide bonds. The van der Waals surface area contributed by atoms with Crippen molar-refractivity contribution in [2.45, 2.75) is 31.5 Å². The van der Waals surface area contributed by atoms with E-state index in [2.05, 4.69) is 25.5 Å². The second kappa shape index (κ2) is 12.0. The fourth-order valence-electron chi connectivity index (χ4n) is 4.91. The van der Waals surface area contributed by atoms with Crippen LogP contribution in [0, 0.1) is 0 Å². The lowest BCUT2D eigenvalue weighted by molar-refractivity contribution is -0.192. The molecule has 0 saturated carbocycles. The topological polar surface area (TPSA) is 165 Å². The number of carbonyl (C=O) groups is 2. The van der Waals surface area contributed by atoms with Crippen LogP contribution in [-0.2, 0) is 11.2 Å². The summed E-state index contributed by atoms with van der Waals surface area (Å²) >= 11 is 12.8. The summed E-state index contributed by atoms with van der Waals surface area (Å²) in [4.78, 5) is 42.1. The van der Waals surface area contributed by atoms with E-state index in [1.54, 1.807) is 34.9 Å². The molecule has 0 bridgehead atoms. The predicted molar refractivity (Wildman–Crippen MR) is 151 cm³/mol. The molecule has 0 aliphatic carbocycles. The number of aryl methyl sites for hydroxylation is 1. The summed E-state index contributed by atoms with van der Waals surface area (Å²) in [6.07, 6.45) is -0.375. The zero-order chi connectivity index (χ0) is 31.8. The van der Waals surface area contributed by atoms with Gasteiger partial charge in [0.1, 0.15) is 17.2 Å². The molecule has 1 atom stereocenters. The highest BCUT2D eigenvalue weighted by Gasteiger charge is 2.38. The lowest BCUT2D eigenvalue weighted by Gasteiger charge is -2.17. The minimum absolute atomic E-state index is 0.0695. The van der Waals surface area contributed by atoms with Crippen LogP contribution in [-0.4, -0.2) is 63.8 Å². The second-order valence-corrected chi connectivity index (χ2v) is 10.3. The van der Waals surface area contributed by atoms with Gasteiger partial charge in [-0.05, 0) is 70.8 Å². The van der Waals surface area contributed by atoms with Crippen molar-refractivity contribution in [1.82, 2.24) is 29.8 Å². The van der Waals surface area contributed by atoms with Crippen molar-refractivity contribution in [2.24, 2.45) is 4.99 Å². The third kappa shape index (κ3) is 6.23. The Kier molecular flexibility index (Phi) is 8.34. The summed E-state index contributed by atoms with van der Waals surface area (Å²) in [5.41, 5.74) is 4.92. The third-order valence-corrected chi connectivity index (χ3v) is 7.35. The summed E-state index contributed by atoms with van der Waals surface area (Å²) in [7, 11) is 0. The molecule has 2 aliphatic rings. The van der Waals surface area contributed by atoms with Gasteiger partial charge in [-0.2, -0.15) is 17.9 Å². The molecule has 0 spiro atoms. The molecule has 4 aromatic rings. The molecule has 2 aliphatic heterocycles. The van der Waals surface area contributed by atoms with Gasteiger partial charge in [0, 0.05) is 46.2 Å². The quantitative estimate of drug-likeness (QED) is 0.289. The first-order chi connectivity index (χ1) is 20.8. The molecule has 1 aromatic carbocycles. The summed E-state index contributed by atoms with van der Waals surface area (Å²) in [5, 5.41) is 28.6. The molecule has 0 fully saturated rings. The van der Waals surface area contributed by atoms with Crippen LogP contribution in [0.25, 0.3) is 22.4 Å². The number of hydrogen-bond acceptors (Lipinski definition) is 8. The van der Waals surface area contributed by atoms with Crippen molar-refractivity contribution < 1.29 is 33.0 Å². The molecule has 6 rings (SSSR count). The summed E-state index contributed by atoms with van der Waals surface area (Å²) in [6, 6.07) is 11.8. The Balaban J connectivity index is 0.000000493. The molecule has 0 radical (unpaired) electrons. The third-order valence-electron chi connectivity index (χ3n) is 6.80. The van der Waals surface area contributed by atoms with Gasteiger partial charge < -0.3 is 14.8 Å². The highest BCUT2D eigenvalue weighted by atomic mass is 35.5. The molecule has 2 N–H and O–H groups in total. The van der Waals surface area contributed by atoms with E-state index in [4.69, 9.17) is 33.1 Å². The number of carboxylic acid groups (broad SMARTS) is 2. The summed E-state index contributed by atoms with van der Waals surface area (Å²) < 4.78 is 35.0. The van der Waals surface area contributed by atoms with Gasteiger partial charge in [-0.25, -0.2) is 19.6 Å². The van der Waals surface area contributed by atoms with Crippen molar-refractivity contribution >= 4 is 46.4 Å². The average molecular weight is 648 g/mol. The largest absolute Gasteiger partial charge is 0.490 e. The number of allylic oxidation sites excluding steroid dienone is 1. The number of alkyl halides is 3. The van der Waals surface area contributed by atoms with Crippen LogP contribution in [0.2, 0.25) is 5.02 Å². The second-order valence-electron chi connectivity index (χ2n) is 9.50. The van der Waals surface area contributed by atoms with E-state index in [0.29, 0.717) is 51.8 Å². The van der Waals surface area contributed by atoms with Crippen molar-refractivity contribution in [2.75, 3.05) is 0 Å². The number of fused-ring (bicyclic) bond motifs is 1. The number of rotatable bonds is 5. The van der Waals surface area contributed by atoms with Gasteiger partial charge >= 0.3 is 18.1 Å². The smallest absolute Gasteiger partial charge is 0.477 e. The van der Waals surface area contributed by atoms with Gasteiger partial charge in [0.15, 0.2) is 0 Å². The maximum atomic E-state index is 13.4. The Labute approximate surface area is 254 Å². The maximum Gasteiger partial charge on any atom is 0.490 e. The lowest BCUT2D eigenvalue weighted by Crippen LogP contribution is -2.27. The van der Waals surface area contributed by atoms with Crippen LogP contribution in [0.3, 0.4) is 0 Å². The lowest BCUT2D eigenvalue weighted by atomic mass is 9.99. The minimum Gasteiger partial charge on any atom is -0.477 e. The SMILES string of the molecule is O=C(O)C(F)(F)F.O=C(O)c1cc(C2=C(Cl)N=C([C@@H]3CCc4cc(-c5cc(Cl)ccc5-n5cnnn5)cc(=O)n43)C2)ccn1. The first-order valence-electron chi connectivity index (χ1n) is 12.6. The Morgan fingerprint density at radius 1 is 1.02 bits per heavy atom. The van der Waals surface area contributed by atoms with E-state index in [9.17, 15) is 27.9 Å². The van der Waals surface area contributed by atoms with E-state index in [1.807, 2.05) is 6.07 Å². The minimum atomic E-state index is -5.08. The first kappa shape index (κ1) is 30.6. The van der Waals surface area contributed by atoms with Crippen LogP contribution in [0.1, 0.15) is 40.6 Å². The molecule has 17 heteroatoms. The number of aromatic carboxylic acids is 1. The number of nitrogens with zero attached hydrogens (tertiary/aromatic N) is 7. The molecule has 5 heterocycles. The van der Waals surface area contributed by atoms with E-state index in [1.165, 1.54) is 23.3 Å². The standard InChI is InChI=1S/C25H17Cl2N7O3.C2HF3O2/c26-15-1-3-21(33-12-29-31-32-33)17(10-15)14-7-16-2-4-22(34(16)23(35)9-14)19-11-18(24(27)30-19)13-5-6-28-20(8-13)25(36)37;3-2(4,5)1(6)7/h1,3,5-10,12,22H,2,4,11H2,(H,36,37);(H,6,7)/t22-;/m0./s1. The number of carboxylic acids is 2. The predicted octanol–water partition coefficient (Wildman–Crippen LogP) is 4.81. The van der Waals surface area contributed by atoms with Gasteiger partial charge in [0.25, 0.3) is 5.56 Å². The zero-order valence-corrected chi connectivity index (χ0v) is 23.5. The van der Waals surface area contributed by atoms with Crippen LogP contribution < -0.4 is 5.56 Å². The van der Waals surface area contributed by atoms with Crippen LogP contribution in [0.15, 0.2) is 69.9 Å². The number of pyridine rings is 2. The Morgan fingerprint density at radius 2 is 1.77 bits per heavy atom. The van der Waals surface area contributed by atoms with E-state index in [0.717, 1.165) is 17.0 Å². The molecular weight excluding hydrogens is 630 g/mol. The summed E-state index contributed by atoms with van der Waals surface area (Å²) in [6.45, 7) is 0. The Hall–Kier alpha value is -4.89. The van der Waals surface area contributed by atoms with Crippen LogP contribution in [0.4, 0.5) is 13.2 Å². The highest BCUT2D eigenvalue weighted by Crippen LogP contribution is 2.39. The molecule has 44 heavy (non-hydrogen) atoms. The van der Waals surface area contributed by atoms with Gasteiger partial charge in [0.05, 0.1) is 11.7 Å². The fourth-order valence-corrected chi connectivity index (χ4v) is 5.37. The average Bonchev–Trinajstić information content (AvgIpc) is 3.73. The zero-order valence-electron chi connectivity index (χ0n) is 22.0. The van der Waals surface area contributed by atoms with Gasteiger partial charge in [-0.15, -0.1) is 5.10 Å². The van der Waals surface area contributed by atoms with E-state index >= 15 is 0 Å². The van der Waals surface area contributed by atoms with Crippen LogP contribution in [0.5, 0.6) is 0 Å². The van der Waals surface area contributed by atoms with Gasteiger partial charge in [0.2, 0.25) is 0 Å². The molecule has 226 valence electrons. The monoisotopic (exact) mass is 647 g/mol. The first-order valence-corrected chi connectivity index (χ1v) is 13.3. The highest BCUT2D eigenvalue weighted by molar-refractivity contribution is 6.35. The van der Waals surface area contributed by atoms with E-state index in [-0.39, 0.29) is 17.3 Å². The molecule has 12 nitrogen and oxygen atoms in total. The van der Waals surface area contributed by atoms with Crippen molar-refractivity contribution in [3.8, 4) is 16.8 Å². The Bertz CT molecular complexity index is 1910. The summed E-state index contributed by atoms with van der Waals surface area (Å²) in [5.74, 6) is -3.87. The molecule has 3 aromatic heterocycles. The number of tetrazole rings is 1. The van der Waals surface area contributed by atoms with Crippen LogP contribution >= 0.6 is 23.2 Å². The van der Waals surface area contributed by atoms with Crippen molar-refractivity contribution in [1.29, 1.82) is 0 Å². The van der Waals surface area contributed by atoms with Crippen molar-refractivity contribution in [3.05, 3.63) is 92.5 Å². The van der Waals surface area contributed by atoms with Gasteiger partial charge in [-0.1, -0.05) is 23.2 Å². The van der Waals surface area contributed by atoms with Gasteiger partial charge in [-0.3, -0.25) is 4.79 Å². The normalized spacial score (nSPS) is 15.8. The van der Waals surface area contributed by atoms with Crippen molar-refractivity contribution in [3.63, 3.8) is 0 Å². The number of hydrogen-bond donors (Lipinski definition) is 2. The number of benzene rings is 1.